The lowest BCUT2D eigenvalue weighted by atomic mass is 10.0. The highest BCUT2D eigenvalue weighted by Gasteiger charge is 2.46. The van der Waals surface area contributed by atoms with Gasteiger partial charge in [0.25, 0.3) is 11.8 Å². The minimum Gasteiger partial charge on any atom is -0.319 e. The number of imide groups is 1. The summed E-state index contributed by atoms with van der Waals surface area (Å²) in [6.07, 6.45) is -0.0402. The highest BCUT2D eigenvalue weighted by molar-refractivity contribution is 6.23. The Hall–Kier alpha value is -3.73. The van der Waals surface area contributed by atoms with Gasteiger partial charge in [0.1, 0.15) is 6.04 Å². The van der Waals surface area contributed by atoms with E-state index in [0.29, 0.717) is 11.3 Å². The van der Waals surface area contributed by atoms with Crippen LogP contribution in [0.1, 0.15) is 46.4 Å². The summed E-state index contributed by atoms with van der Waals surface area (Å²) in [5, 5.41) is 0. The Morgan fingerprint density at radius 3 is 2.25 bits per heavy atom. The molecule has 1 aliphatic rings. The highest BCUT2D eigenvalue weighted by Crippen LogP contribution is 2.32. The number of anilines is 1. The zero-order chi connectivity index (χ0) is 22.8. The van der Waals surface area contributed by atoms with Crippen LogP contribution in [-0.4, -0.2) is 28.7 Å². The normalized spacial score (nSPS) is 16.8. The van der Waals surface area contributed by atoms with E-state index in [1.165, 1.54) is 4.90 Å². The van der Waals surface area contributed by atoms with Gasteiger partial charge in [0.2, 0.25) is 5.91 Å². The van der Waals surface area contributed by atoms with Gasteiger partial charge in [-0.15, -0.1) is 0 Å². The monoisotopic (exact) mass is 426 g/mol. The summed E-state index contributed by atoms with van der Waals surface area (Å²) >= 11 is 0. The Balaban J connectivity index is 1.74. The van der Waals surface area contributed by atoms with E-state index in [1.54, 1.807) is 23.1 Å². The van der Waals surface area contributed by atoms with Crippen molar-refractivity contribution in [1.29, 1.82) is 0 Å². The van der Waals surface area contributed by atoms with Crippen LogP contribution in [-0.2, 0) is 9.59 Å². The van der Waals surface area contributed by atoms with Crippen molar-refractivity contribution < 1.29 is 14.4 Å². The topological polar surface area (TPSA) is 57.7 Å². The van der Waals surface area contributed by atoms with Crippen LogP contribution in [0.25, 0.3) is 0 Å². The van der Waals surface area contributed by atoms with E-state index >= 15 is 0 Å². The van der Waals surface area contributed by atoms with E-state index in [4.69, 9.17) is 0 Å². The molecule has 1 heterocycles. The number of hydrogen-bond acceptors (Lipinski definition) is 3. The number of amides is 3. The Bertz CT molecular complexity index is 1160. The molecule has 0 radical (unpaired) electrons. The van der Waals surface area contributed by atoms with Crippen LogP contribution in [0.2, 0.25) is 0 Å². The molecule has 162 valence electrons. The van der Waals surface area contributed by atoms with E-state index in [9.17, 15) is 14.4 Å². The number of hydrogen-bond donors (Lipinski definition) is 0. The number of rotatable bonds is 5. The third kappa shape index (κ3) is 4.06. The number of nitrogens with zero attached hydrogens (tertiary/aromatic N) is 2. The Morgan fingerprint density at radius 1 is 0.906 bits per heavy atom. The lowest BCUT2D eigenvalue weighted by Crippen LogP contribution is -2.46. The Morgan fingerprint density at radius 2 is 1.59 bits per heavy atom. The molecule has 1 fully saturated rings. The lowest BCUT2D eigenvalue weighted by molar-refractivity contribution is -0.122. The zero-order valence-corrected chi connectivity index (χ0v) is 18.5. The maximum Gasteiger partial charge on any atom is 0.257 e. The van der Waals surface area contributed by atoms with Crippen molar-refractivity contribution >= 4 is 23.4 Å². The van der Waals surface area contributed by atoms with Crippen molar-refractivity contribution in [3.8, 4) is 0 Å². The first kappa shape index (κ1) is 21.5. The van der Waals surface area contributed by atoms with Gasteiger partial charge in [0, 0.05) is 5.56 Å². The van der Waals surface area contributed by atoms with Gasteiger partial charge < -0.3 is 4.90 Å². The van der Waals surface area contributed by atoms with Crippen LogP contribution in [0.5, 0.6) is 0 Å². The molecular formula is C27H26N2O3. The molecule has 0 N–H and O–H groups in total. The number of carbonyl (C=O) groups excluding carboxylic acids is 3. The first-order valence-electron chi connectivity index (χ1n) is 10.7. The van der Waals surface area contributed by atoms with E-state index in [1.807, 2.05) is 81.4 Å². The van der Waals surface area contributed by atoms with Gasteiger partial charge in [-0.3, -0.25) is 14.4 Å². The van der Waals surface area contributed by atoms with Gasteiger partial charge in [-0.05, 0) is 50.6 Å². The summed E-state index contributed by atoms with van der Waals surface area (Å²) in [5.41, 5.74) is 3.93. The summed E-state index contributed by atoms with van der Waals surface area (Å²) in [6, 6.07) is 22.9. The first-order valence-corrected chi connectivity index (χ1v) is 10.7. The first-order chi connectivity index (χ1) is 15.4. The highest BCUT2D eigenvalue weighted by atomic mass is 16.2. The van der Waals surface area contributed by atoms with E-state index in [2.05, 4.69) is 0 Å². The molecule has 0 saturated carbocycles. The average Bonchev–Trinajstić information content (AvgIpc) is 3.08. The molecule has 0 spiro atoms. The minimum atomic E-state index is -0.868. The second kappa shape index (κ2) is 8.79. The standard InChI is InChI=1S/C27H26N2O3/c1-18-12-14-23(15-13-18)29-25(30)17-24(27(29)32)28(20(3)21-9-5-4-6-10-21)26(31)22-11-7-8-19(2)16-22/h4-16,20,24H,17H2,1-3H3. The molecule has 2 unspecified atom stereocenters. The van der Waals surface area contributed by atoms with Crippen LogP contribution in [0.3, 0.4) is 0 Å². The third-order valence-corrected chi connectivity index (χ3v) is 5.95. The van der Waals surface area contributed by atoms with Crippen molar-refractivity contribution in [3.63, 3.8) is 0 Å². The average molecular weight is 427 g/mol. The number of carbonyl (C=O) groups is 3. The fourth-order valence-electron chi connectivity index (χ4n) is 4.20. The van der Waals surface area contributed by atoms with Gasteiger partial charge in [0.05, 0.1) is 18.2 Å². The molecule has 0 aliphatic carbocycles. The minimum absolute atomic E-state index is 0.0402. The summed E-state index contributed by atoms with van der Waals surface area (Å²) in [7, 11) is 0. The molecule has 5 nitrogen and oxygen atoms in total. The molecule has 3 aromatic rings. The fourth-order valence-corrected chi connectivity index (χ4v) is 4.20. The third-order valence-electron chi connectivity index (χ3n) is 5.95. The van der Waals surface area contributed by atoms with E-state index in [0.717, 1.165) is 16.7 Å². The maximum absolute atomic E-state index is 13.7. The van der Waals surface area contributed by atoms with Gasteiger partial charge in [-0.1, -0.05) is 65.7 Å². The molecular weight excluding hydrogens is 400 g/mol. The molecule has 1 aliphatic heterocycles. The lowest BCUT2D eigenvalue weighted by Gasteiger charge is -2.33. The SMILES string of the molecule is Cc1ccc(N2C(=O)CC(N(C(=O)c3cccc(C)c3)C(C)c3ccccc3)C2=O)cc1. The molecule has 1 saturated heterocycles. The van der Waals surface area contributed by atoms with Gasteiger partial charge in [-0.2, -0.15) is 0 Å². The number of benzene rings is 3. The molecule has 2 atom stereocenters. The summed E-state index contributed by atoms with van der Waals surface area (Å²) in [5.74, 6) is -0.934. The molecule has 4 rings (SSSR count). The van der Waals surface area contributed by atoms with Crippen molar-refractivity contribution in [3.05, 3.63) is 101 Å². The molecule has 3 aromatic carbocycles. The van der Waals surface area contributed by atoms with Gasteiger partial charge in [0.15, 0.2) is 0 Å². The molecule has 3 amide bonds. The quantitative estimate of drug-likeness (QED) is 0.549. The van der Waals surface area contributed by atoms with Crippen molar-refractivity contribution in [2.24, 2.45) is 0 Å². The molecule has 0 aromatic heterocycles. The van der Waals surface area contributed by atoms with Crippen LogP contribution in [0, 0.1) is 13.8 Å². The smallest absolute Gasteiger partial charge is 0.257 e. The second-order valence-electron chi connectivity index (χ2n) is 8.29. The van der Waals surface area contributed by atoms with Crippen LogP contribution < -0.4 is 4.90 Å². The number of aryl methyl sites for hydroxylation is 2. The van der Waals surface area contributed by atoms with Crippen molar-refractivity contribution in [2.45, 2.75) is 39.3 Å². The van der Waals surface area contributed by atoms with Crippen LogP contribution in [0.4, 0.5) is 5.69 Å². The van der Waals surface area contributed by atoms with Crippen molar-refractivity contribution in [2.75, 3.05) is 4.90 Å². The summed E-state index contributed by atoms with van der Waals surface area (Å²) in [6.45, 7) is 5.77. The molecule has 32 heavy (non-hydrogen) atoms. The summed E-state index contributed by atoms with van der Waals surface area (Å²) in [4.78, 5) is 42.9. The zero-order valence-electron chi connectivity index (χ0n) is 18.5. The largest absolute Gasteiger partial charge is 0.319 e. The van der Waals surface area contributed by atoms with Gasteiger partial charge in [-0.25, -0.2) is 4.90 Å². The second-order valence-corrected chi connectivity index (χ2v) is 8.29. The van der Waals surface area contributed by atoms with Crippen molar-refractivity contribution in [1.82, 2.24) is 4.90 Å². The Kier molecular flexibility index (Phi) is 5.91. The predicted octanol–water partition coefficient (Wildman–Crippen LogP) is 4.84. The fraction of sp³-hybridized carbons (Fsp3) is 0.222. The van der Waals surface area contributed by atoms with Crippen LogP contribution in [0.15, 0.2) is 78.9 Å². The molecule has 5 heteroatoms. The van der Waals surface area contributed by atoms with Gasteiger partial charge >= 0.3 is 0 Å². The van der Waals surface area contributed by atoms with E-state index < -0.39 is 6.04 Å². The molecule has 0 bridgehead atoms. The maximum atomic E-state index is 13.7. The van der Waals surface area contributed by atoms with Crippen LogP contribution >= 0.6 is 0 Å². The van der Waals surface area contributed by atoms with E-state index in [-0.39, 0.29) is 30.2 Å². The summed E-state index contributed by atoms with van der Waals surface area (Å²) < 4.78 is 0. The predicted molar refractivity (Wildman–Crippen MR) is 124 cm³/mol. The Labute approximate surface area is 188 Å².